The smallest absolute Gasteiger partial charge is 0.243 e. The molecule has 0 fully saturated rings. The quantitative estimate of drug-likeness (QED) is 0.500. The Kier molecular flexibility index (Phi) is 8.21. The summed E-state index contributed by atoms with van der Waals surface area (Å²) in [5.41, 5.74) is 2.79. The third-order valence-corrected chi connectivity index (χ3v) is 5.50. The van der Waals surface area contributed by atoms with Crippen LogP contribution in [0.5, 0.6) is 0 Å². The van der Waals surface area contributed by atoms with E-state index in [1.54, 1.807) is 23.1 Å². The lowest BCUT2D eigenvalue weighted by atomic mass is 9.99. The number of hydrogen-bond donors (Lipinski definition) is 1. The van der Waals surface area contributed by atoms with Gasteiger partial charge in [0.15, 0.2) is 0 Å². The molecule has 0 heterocycles. The topological polar surface area (TPSA) is 49.4 Å². The van der Waals surface area contributed by atoms with Gasteiger partial charge in [-0.15, -0.1) is 0 Å². The zero-order chi connectivity index (χ0) is 24.7. The van der Waals surface area contributed by atoms with Crippen LogP contribution in [0.1, 0.15) is 43.0 Å². The molecule has 0 bridgehead atoms. The van der Waals surface area contributed by atoms with Gasteiger partial charge in [-0.1, -0.05) is 78.4 Å². The number of benzene rings is 3. The van der Waals surface area contributed by atoms with Crippen molar-refractivity contribution in [2.24, 2.45) is 0 Å². The first-order valence-electron chi connectivity index (χ1n) is 11.6. The van der Waals surface area contributed by atoms with Gasteiger partial charge in [-0.05, 0) is 50.5 Å². The predicted molar refractivity (Wildman–Crippen MR) is 134 cm³/mol. The molecule has 4 nitrogen and oxygen atoms in total. The second-order valence-corrected chi connectivity index (χ2v) is 9.72. The minimum atomic E-state index is -0.749. The maximum Gasteiger partial charge on any atom is 0.243 e. The SMILES string of the molecule is Cc1cccc(CN(C(=O)Cc2ccccc2F)[C@H](Cc2ccccc2)C(=O)NC(C)(C)C)c1. The van der Waals surface area contributed by atoms with Gasteiger partial charge in [0.25, 0.3) is 0 Å². The van der Waals surface area contributed by atoms with E-state index in [9.17, 15) is 14.0 Å². The zero-order valence-corrected chi connectivity index (χ0v) is 20.3. The van der Waals surface area contributed by atoms with Crippen molar-refractivity contribution >= 4 is 11.8 Å². The molecule has 0 saturated carbocycles. The van der Waals surface area contributed by atoms with Crippen LogP contribution < -0.4 is 5.32 Å². The molecule has 0 aromatic heterocycles. The molecule has 0 saturated heterocycles. The summed E-state index contributed by atoms with van der Waals surface area (Å²) in [5.74, 6) is -0.951. The van der Waals surface area contributed by atoms with Gasteiger partial charge in [0.05, 0.1) is 6.42 Å². The minimum absolute atomic E-state index is 0.118. The molecule has 3 rings (SSSR count). The monoisotopic (exact) mass is 460 g/mol. The van der Waals surface area contributed by atoms with Crippen LogP contribution in [-0.4, -0.2) is 28.3 Å². The molecular weight excluding hydrogens is 427 g/mol. The summed E-state index contributed by atoms with van der Waals surface area (Å²) < 4.78 is 14.4. The van der Waals surface area contributed by atoms with Crippen LogP contribution in [0, 0.1) is 12.7 Å². The van der Waals surface area contributed by atoms with Crippen molar-refractivity contribution in [3.8, 4) is 0 Å². The lowest BCUT2D eigenvalue weighted by Gasteiger charge is -2.34. The average molecular weight is 461 g/mol. The van der Waals surface area contributed by atoms with Crippen LogP contribution in [0.15, 0.2) is 78.9 Å². The van der Waals surface area contributed by atoms with E-state index >= 15 is 0 Å². The summed E-state index contributed by atoms with van der Waals surface area (Å²) in [5, 5.41) is 3.04. The molecular formula is C29H33FN2O2. The Balaban J connectivity index is 2.00. The van der Waals surface area contributed by atoms with Gasteiger partial charge in [-0.2, -0.15) is 0 Å². The first kappa shape index (κ1) is 25.2. The maximum absolute atomic E-state index is 14.4. The Hall–Kier alpha value is -3.47. The number of amides is 2. The maximum atomic E-state index is 14.4. The van der Waals surface area contributed by atoms with Gasteiger partial charge >= 0.3 is 0 Å². The molecule has 3 aromatic rings. The summed E-state index contributed by atoms with van der Waals surface area (Å²) in [4.78, 5) is 28.7. The zero-order valence-electron chi connectivity index (χ0n) is 20.3. The van der Waals surface area contributed by atoms with E-state index in [2.05, 4.69) is 5.32 Å². The highest BCUT2D eigenvalue weighted by atomic mass is 19.1. The molecule has 0 aliphatic heterocycles. The number of nitrogens with zero attached hydrogens (tertiary/aromatic N) is 1. The van der Waals surface area contributed by atoms with Crippen LogP contribution in [0.4, 0.5) is 4.39 Å². The van der Waals surface area contributed by atoms with Crippen molar-refractivity contribution in [2.45, 2.75) is 58.7 Å². The lowest BCUT2D eigenvalue weighted by molar-refractivity contribution is -0.141. The molecule has 178 valence electrons. The molecule has 3 aromatic carbocycles. The van der Waals surface area contributed by atoms with Crippen LogP contribution in [0.25, 0.3) is 0 Å². The van der Waals surface area contributed by atoms with Crippen molar-refractivity contribution in [3.05, 3.63) is 107 Å². The second-order valence-electron chi connectivity index (χ2n) is 9.72. The number of nitrogens with one attached hydrogen (secondary N) is 1. The highest BCUT2D eigenvalue weighted by Crippen LogP contribution is 2.19. The number of carbonyl (C=O) groups is 2. The second kappa shape index (κ2) is 11.1. The van der Waals surface area contributed by atoms with Crippen molar-refractivity contribution in [1.29, 1.82) is 0 Å². The standard InChI is InChI=1S/C29H33FN2O2/c1-21-11-10-14-23(17-21)20-32(27(33)19-24-15-8-9-16-25(24)30)26(28(34)31-29(2,3)4)18-22-12-6-5-7-13-22/h5-17,26H,18-20H2,1-4H3,(H,31,34)/t26-/m1/s1. The van der Waals surface area contributed by atoms with E-state index in [1.807, 2.05) is 82.3 Å². The summed E-state index contributed by atoms with van der Waals surface area (Å²) in [6, 6.07) is 23.0. The van der Waals surface area contributed by atoms with Crippen LogP contribution >= 0.6 is 0 Å². The predicted octanol–water partition coefficient (Wildman–Crippen LogP) is 5.23. The van der Waals surface area contributed by atoms with Gasteiger partial charge in [0, 0.05) is 18.5 Å². The number of hydrogen-bond acceptors (Lipinski definition) is 2. The molecule has 0 aliphatic rings. The van der Waals surface area contributed by atoms with Crippen LogP contribution in [-0.2, 0) is 29.0 Å². The van der Waals surface area contributed by atoms with E-state index in [0.717, 1.165) is 16.7 Å². The van der Waals surface area contributed by atoms with Crippen molar-refractivity contribution < 1.29 is 14.0 Å². The fourth-order valence-electron chi connectivity index (χ4n) is 3.92. The number of aryl methyl sites for hydroxylation is 1. The molecule has 5 heteroatoms. The third kappa shape index (κ3) is 7.27. The number of rotatable bonds is 8. The normalized spacial score (nSPS) is 12.1. The molecule has 2 amide bonds. The van der Waals surface area contributed by atoms with Crippen molar-refractivity contribution in [2.75, 3.05) is 0 Å². The van der Waals surface area contributed by atoms with Gasteiger partial charge < -0.3 is 10.2 Å². The molecule has 0 unspecified atom stereocenters. The van der Waals surface area contributed by atoms with E-state index in [0.29, 0.717) is 12.0 Å². The average Bonchev–Trinajstić information content (AvgIpc) is 2.77. The van der Waals surface area contributed by atoms with Gasteiger partial charge in [-0.3, -0.25) is 9.59 Å². The number of halogens is 1. The van der Waals surface area contributed by atoms with E-state index in [4.69, 9.17) is 0 Å². The van der Waals surface area contributed by atoms with E-state index < -0.39 is 17.4 Å². The van der Waals surface area contributed by atoms with Gasteiger partial charge in [0.2, 0.25) is 11.8 Å². The molecule has 1 atom stereocenters. The van der Waals surface area contributed by atoms with Gasteiger partial charge in [0.1, 0.15) is 11.9 Å². The Morgan fingerprint density at radius 1 is 0.912 bits per heavy atom. The molecule has 34 heavy (non-hydrogen) atoms. The molecule has 0 spiro atoms. The van der Waals surface area contributed by atoms with E-state index in [1.165, 1.54) is 6.07 Å². The van der Waals surface area contributed by atoms with E-state index in [-0.39, 0.29) is 24.8 Å². The highest BCUT2D eigenvalue weighted by molar-refractivity contribution is 5.89. The Morgan fingerprint density at radius 3 is 2.21 bits per heavy atom. The minimum Gasteiger partial charge on any atom is -0.350 e. The summed E-state index contributed by atoms with van der Waals surface area (Å²) in [7, 11) is 0. The summed E-state index contributed by atoms with van der Waals surface area (Å²) >= 11 is 0. The molecule has 1 N–H and O–H groups in total. The van der Waals surface area contributed by atoms with Crippen molar-refractivity contribution in [3.63, 3.8) is 0 Å². The molecule has 0 aliphatic carbocycles. The summed E-state index contributed by atoms with van der Waals surface area (Å²) in [6.07, 6.45) is 0.240. The largest absolute Gasteiger partial charge is 0.350 e. The lowest BCUT2D eigenvalue weighted by Crippen LogP contribution is -2.54. The van der Waals surface area contributed by atoms with Crippen molar-refractivity contribution in [1.82, 2.24) is 10.2 Å². The fraction of sp³-hybridized carbons (Fsp3) is 0.310. The fourth-order valence-corrected chi connectivity index (χ4v) is 3.92. The third-order valence-electron chi connectivity index (χ3n) is 5.50. The first-order chi connectivity index (χ1) is 16.1. The Morgan fingerprint density at radius 2 is 1.56 bits per heavy atom. The first-order valence-corrected chi connectivity index (χ1v) is 11.6. The Labute approximate surface area is 201 Å². The highest BCUT2D eigenvalue weighted by Gasteiger charge is 2.32. The Bertz CT molecular complexity index is 1120. The number of carbonyl (C=O) groups excluding carboxylic acids is 2. The molecule has 0 radical (unpaired) electrons. The summed E-state index contributed by atoms with van der Waals surface area (Å²) in [6.45, 7) is 7.98. The van der Waals surface area contributed by atoms with Crippen LogP contribution in [0.2, 0.25) is 0 Å². The van der Waals surface area contributed by atoms with Crippen LogP contribution in [0.3, 0.4) is 0 Å². The van der Waals surface area contributed by atoms with Gasteiger partial charge in [-0.25, -0.2) is 4.39 Å².